The van der Waals surface area contributed by atoms with Crippen molar-refractivity contribution < 1.29 is 48.5 Å². The van der Waals surface area contributed by atoms with Gasteiger partial charge in [-0.25, -0.2) is 9.59 Å². The molecule has 0 bridgehead atoms. The van der Waals surface area contributed by atoms with E-state index >= 15 is 0 Å². The highest BCUT2D eigenvalue weighted by Gasteiger charge is 2.35. The third kappa shape index (κ3) is 7.77. The van der Waals surface area contributed by atoms with Crippen LogP contribution in [0.2, 0.25) is 0 Å². The van der Waals surface area contributed by atoms with Crippen molar-refractivity contribution in [2.24, 2.45) is 5.92 Å². The van der Waals surface area contributed by atoms with Crippen molar-refractivity contribution in [3.8, 4) is 11.3 Å². The molecule has 1 aliphatic carbocycles. The van der Waals surface area contributed by atoms with Gasteiger partial charge in [-0.2, -0.15) is 0 Å². The van der Waals surface area contributed by atoms with E-state index in [1.54, 1.807) is 30.3 Å². The number of carbonyl (C=O) groups excluding carboxylic acids is 2. The molecule has 57 heavy (non-hydrogen) atoms. The van der Waals surface area contributed by atoms with E-state index in [-0.39, 0.29) is 70.0 Å². The fourth-order valence-corrected chi connectivity index (χ4v) is 7.51. The van der Waals surface area contributed by atoms with Gasteiger partial charge in [-0.15, -0.1) is 0 Å². The van der Waals surface area contributed by atoms with Gasteiger partial charge in [-0.3, -0.25) is 29.8 Å². The number of hydrogen-bond acceptors (Lipinski definition) is 13. The van der Waals surface area contributed by atoms with Gasteiger partial charge in [0.2, 0.25) is 0 Å². The van der Waals surface area contributed by atoms with Gasteiger partial charge < -0.3 is 29.7 Å². The zero-order valence-corrected chi connectivity index (χ0v) is 30.3. The number of ether oxygens (including phenoxy) is 1. The number of rotatable bonds is 16. The van der Waals surface area contributed by atoms with Crippen LogP contribution in [0.1, 0.15) is 74.3 Å². The molecule has 5 aromatic rings. The lowest BCUT2D eigenvalue weighted by Gasteiger charge is -2.34. The van der Waals surface area contributed by atoms with E-state index < -0.39 is 21.8 Å². The van der Waals surface area contributed by atoms with E-state index in [1.807, 2.05) is 4.90 Å². The molecule has 1 atom stereocenters. The summed E-state index contributed by atoms with van der Waals surface area (Å²) >= 11 is 0. The fraction of sp³-hybridized carbons (Fsp3) is 0.275. The molecular weight excluding hydrogens is 742 g/mol. The summed E-state index contributed by atoms with van der Waals surface area (Å²) in [6.07, 6.45) is 2.80. The summed E-state index contributed by atoms with van der Waals surface area (Å²) in [7, 11) is 0. The second-order valence-electron chi connectivity index (χ2n) is 13.9. The predicted octanol–water partition coefficient (Wildman–Crippen LogP) is 7.21. The first-order valence-corrected chi connectivity index (χ1v) is 18.2. The number of ketones is 2. The molecule has 0 amide bonds. The SMILES string of the molecule is O=C(O)c1cc(Nc2cc(N3CCC[C@H](C(=O)CCCOCCCc4ccc([N+](=O)[O-])cc4[N+](=O)[O-])C3)c3noc4c3c2C(=O)c2ccccc2-4)cc(C(=O)O)c1. The van der Waals surface area contributed by atoms with Gasteiger partial charge in [0.15, 0.2) is 11.5 Å². The molecule has 7 rings (SSSR count). The second kappa shape index (κ2) is 16.0. The van der Waals surface area contributed by atoms with Crippen molar-refractivity contribution in [2.45, 2.75) is 38.5 Å². The molecule has 1 fully saturated rings. The Morgan fingerprint density at radius 3 is 2.35 bits per heavy atom. The van der Waals surface area contributed by atoms with Gasteiger partial charge in [-0.05, 0) is 62.4 Å². The van der Waals surface area contributed by atoms with Gasteiger partial charge in [0.05, 0.1) is 49.4 Å². The Morgan fingerprint density at radius 2 is 1.65 bits per heavy atom. The minimum atomic E-state index is -1.33. The number of nitro groups is 2. The maximum Gasteiger partial charge on any atom is 0.335 e. The number of hydrogen-bond donors (Lipinski definition) is 3. The topological polar surface area (TPSA) is 246 Å². The van der Waals surface area contributed by atoms with Gasteiger partial charge in [-0.1, -0.05) is 29.4 Å². The number of piperidine rings is 1. The van der Waals surface area contributed by atoms with E-state index in [0.717, 1.165) is 12.1 Å². The minimum absolute atomic E-state index is 0.0498. The van der Waals surface area contributed by atoms with Crippen molar-refractivity contribution in [1.82, 2.24) is 5.16 Å². The lowest BCUT2D eigenvalue weighted by atomic mass is 9.85. The molecule has 2 heterocycles. The van der Waals surface area contributed by atoms with E-state index in [9.17, 15) is 49.6 Å². The number of non-ortho nitro benzene ring substituents is 1. The molecule has 1 saturated heterocycles. The van der Waals surface area contributed by atoms with Crippen LogP contribution in [-0.4, -0.2) is 75.0 Å². The Bertz CT molecular complexity index is 2440. The van der Waals surface area contributed by atoms with E-state index in [1.165, 1.54) is 24.3 Å². The molecule has 0 radical (unpaired) electrons. The number of nitrogens with one attached hydrogen (secondary N) is 1. The summed E-state index contributed by atoms with van der Waals surface area (Å²) in [5.74, 6) is -2.87. The average Bonchev–Trinajstić information content (AvgIpc) is 3.64. The van der Waals surface area contributed by atoms with Crippen molar-refractivity contribution >= 4 is 62.8 Å². The number of aryl methyl sites for hydroxylation is 1. The molecule has 17 heteroatoms. The first-order valence-electron chi connectivity index (χ1n) is 18.2. The lowest BCUT2D eigenvalue weighted by Crippen LogP contribution is -2.39. The van der Waals surface area contributed by atoms with E-state index in [4.69, 9.17) is 9.26 Å². The van der Waals surface area contributed by atoms with Crippen LogP contribution in [0.3, 0.4) is 0 Å². The first kappa shape index (κ1) is 38.3. The van der Waals surface area contributed by atoms with Crippen LogP contribution in [0.25, 0.3) is 22.2 Å². The van der Waals surface area contributed by atoms with Gasteiger partial charge >= 0.3 is 11.9 Å². The maximum absolute atomic E-state index is 14.1. The molecule has 3 N–H and O–H groups in total. The average molecular weight is 778 g/mol. The molecule has 292 valence electrons. The van der Waals surface area contributed by atoms with Gasteiger partial charge in [0.25, 0.3) is 11.4 Å². The quantitative estimate of drug-likeness (QED) is 0.0499. The molecule has 2 aliphatic rings. The summed E-state index contributed by atoms with van der Waals surface area (Å²) in [6, 6.07) is 15.8. The zero-order chi connectivity index (χ0) is 40.4. The summed E-state index contributed by atoms with van der Waals surface area (Å²) in [4.78, 5) is 74.4. The van der Waals surface area contributed by atoms with Crippen molar-refractivity contribution in [2.75, 3.05) is 36.5 Å². The lowest BCUT2D eigenvalue weighted by molar-refractivity contribution is -0.394. The third-order valence-electron chi connectivity index (χ3n) is 10.2. The van der Waals surface area contributed by atoms with Crippen LogP contribution >= 0.6 is 0 Å². The Kier molecular flexibility index (Phi) is 10.7. The smallest absolute Gasteiger partial charge is 0.335 e. The highest BCUT2D eigenvalue weighted by molar-refractivity contribution is 6.29. The maximum atomic E-state index is 14.1. The number of Topliss-reactive ketones (excluding diaryl/α,β-unsaturated/α-hetero) is 1. The highest BCUT2D eigenvalue weighted by Crippen LogP contribution is 2.47. The summed E-state index contributed by atoms with van der Waals surface area (Å²) in [5.41, 5.74) is 1.79. The van der Waals surface area contributed by atoms with E-state index in [0.29, 0.717) is 90.8 Å². The number of carboxylic acids is 2. The molecular formula is C40H35N5O12. The van der Waals surface area contributed by atoms with Crippen molar-refractivity contribution in [1.29, 1.82) is 0 Å². The molecule has 0 spiro atoms. The number of anilines is 3. The summed E-state index contributed by atoms with van der Waals surface area (Å²) < 4.78 is 11.6. The Morgan fingerprint density at radius 1 is 0.930 bits per heavy atom. The Labute approximate surface area is 323 Å². The first-order chi connectivity index (χ1) is 27.4. The molecule has 17 nitrogen and oxygen atoms in total. The summed E-state index contributed by atoms with van der Waals surface area (Å²) in [6.45, 7) is 1.50. The second-order valence-corrected chi connectivity index (χ2v) is 13.9. The van der Waals surface area contributed by atoms with Crippen LogP contribution in [0.15, 0.2) is 71.3 Å². The highest BCUT2D eigenvalue weighted by atomic mass is 16.6. The number of fused-ring (bicyclic) bond motifs is 2. The molecule has 1 aliphatic heterocycles. The number of benzene rings is 4. The van der Waals surface area contributed by atoms with Crippen molar-refractivity contribution in [3.63, 3.8) is 0 Å². The third-order valence-corrected chi connectivity index (χ3v) is 10.2. The van der Waals surface area contributed by atoms with E-state index in [2.05, 4.69) is 10.5 Å². The molecule has 0 unspecified atom stereocenters. The standard InChI is InChI=1S/C40H35N5O12/c46-33(10-5-15-56-14-4-7-22-11-12-27(44(52)53)19-31(22)45(54)55)23-6-3-13-43(21-23)32-20-30(41-26-17-24(39(48)49)16-25(18-26)40(50)51)34-35-36(32)42-57-38(35)29-9-2-1-8-28(29)37(34)47/h1-2,8-9,11-12,16-20,23,41H,3-7,10,13-15,21H2,(H,48,49)(H,50,51)/t23-/m0/s1. The van der Waals surface area contributed by atoms with Gasteiger partial charge in [0.1, 0.15) is 11.3 Å². The zero-order valence-electron chi connectivity index (χ0n) is 30.3. The number of aromatic carboxylic acids is 2. The minimum Gasteiger partial charge on any atom is -0.478 e. The number of nitrogens with zero attached hydrogens (tertiary/aromatic N) is 4. The number of nitro benzene ring substituents is 2. The molecule has 1 aromatic heterocycles. The predicted molar refractivity (Wildman–Crippen MR) is 205 cm³/mol. The summed E-state index contributed by atoms with van der Waals surface area (Å²) in [5, 5.41) is 49.8. The molecule has 0 saturated carbocycles. The van der Waals surface area contributed by atoms with Crippen LogP contribution in [0.5, 0.6) is 0 Å². The fourth-order valence-electron chi connectivity index (χ4n) is 7.51. The Hall–Kier alpha value is -7.01. The normalized spacial score (nSPS) is 14.6. The molecule has 4 aromatic carbocycles. The largest absolute Gasteiger partial charge is 0.478 e. The number of carboxylic acid groups (broad SMARTS) is 2. The number of carbonyl (C=O) groups is 4. The van der Waals surface area contributed by atoms with Crippen LogP contribution in [0, 0.1) is 26.1 Å². The van der Waals surface area contributed by atoms with Crippen LogP contribution in [-0.2, 0) is 16.0 Å². The monoisotopic (exact) mass is 777 g/mol. The van der Waals surface area contributed by atoms with Crippen LogP contribution < -0.4 is 10.2 Å². The van der Waals surface area contributed by atoms with Crippen LogP contribution in [0.4, 0.5) is 28.4 Å². The van der Waals surface area contributed by atoms with Crippen molar-refractivity contribution in [3.05, 3.63) is 115 Å². The number of aromatic nitrogens is 1. The van der Waals surface area contributed by atoms with Gasteiger partial charge in [0, 0.05) is 67.1 Å². The Balaban J connectivity index is 1.06.